The molecule has 0 saturated carbocycles. The SMILES string of the molecule is Cc1cccc2[nH]c(Nc3ccc(CC(=O)I)cc3)nc12. The van der Waals surface area contributed by atoms with E-state index in [9.17, 15) is 4.79 Å². The van der Waals surface area contributed by atoms with E-state index in [1.165, 1.54) is 0 Å². The van der Waals surface area contributed by atoms with Gasteiger partial charge < -0.3 is 10.3 Å². The Balaban J connectivity index is 1.81. The molecule has 21 heavy (non-hydrogen) atoms. The van der Waals surface area contributed by atoms with E-state index < -0.39 is 0 Å². The number of nitrogens with one attached hydrogen (secondary N) is 2. The first-order valence-corrected chi connectivity index (χ1v) is 7.69. The predicted octanol–water partition coefficient (Wildman–Crippen LogP) is 4.12. The summed E-state index contributed by atoms with van der Waals surface area (Å²) in [6.45, 7) is 2.04. The molecule has 0 radical (unpaired) electrons. The summed E-state index contributed by atoms with van der Waals surface area (Å²) in [5.74, 6) is 0.719. The number of imidazole rings is 1. The summed E-state index contributed by atoms with van der Waals surface area (Å²) in [6.07, 6.45) is 0.463. The lowest BCUT2D eigenvalue weighted by molar-refractivity contribution is -0.108. The molecule has 2 N–H and O–H groups in total. The highest BCUT2D eigenvalue weighted by molar-refractivity contribution is 14.1. The van der Waals surface area contributed by atoms with E-state index in [0.717, 1.165) is 33.8 Å². The monoisotopic (exact) mass is 391 g/mol. The Labute approximate surface area is 136 Å². The normalized spacial score (nSPS) is 10.8. The van der Waals surface area contributed by atoms with Crippen molar-refractivity contribution in [2.24, 2.45) is 0 Å². The van der Waals surface area contributed by atoms with E-state index in [1.807, 2.05) is 72.0 Å². The van der Waals surface area contributed by atoms with E-state index in [1.54, 1.807) is 0 Å². The van der Waals surface area contributed by atoms with Crippen molar-refractivity contribution in [2.45, 2.75) is 13.3 Å². The van der Waals surface area contributed by atoms with Crippen LogP contribution in [0.3, 0.4) is 0 Å². The molecule has 4 nitrogen and oxygen atoms in total. The van der Waals surface area contributed by atoms with E-state index in [4.69, 9.17) is 0 Å². The Morgan fingerprint density at radius 3 is 2.67 bits per heavy atom. The number of fused-ring (bicyclic) bond motifs is 1. The van der Waals surface area contributed by atoms with Gasteiger partial charge in [-0.2, -0.15) is 0 Å². The topological polar surface area (TPSA) is 57.8 Å². The molecule has 0 aliphatic rings. The second-order valence-corrected chi connectivity index (χ2v) is 6.11. The van der Waals surface area contributed by atoms with Crippen LogP contribution in [0.25, 0.3) is 11.0 Å². The Morgan fingerprint density at radius 1 is 1.24 bits per heavy atom. The van der Waals surface area contributed by atoms with Gasteiger partial charge in [0.1, 0.15) is 0 Å². The molecule has 0 aliphatic heterocycles. The number of anilines is 2. The average molecular weight is 391 g/mol. The number of carbonyl (C=O) groups is 1. The van der Waals surface area contributed by atoms with Crippen LogP contribution in [0.15, 0.2) is 42.5 Å². The molecule has 3 rings (SSSR count). The summed E-state index contributed by atoms with van der Waals surface area (Å²) < 4.78 is 0.140. The van der Waals surface area contributed by atoms with Gasteiger partial charge in [0.05, 0.1) is 11.0 Å². The summed E-state index contributed by atoms with van der Waals surface area (Å²) >= 11 is 1.81. The van der Waals surface area contributed by atoms with Gasteiger partial charge in [-0.3, -0.25) is 4.79 Å². The first-order chi connectivity index (χ1) is 10.1. The van der Waals surface area contributed by atoms with Crippen LogP contribution < -0.4 is 5.32 Å². The highest BCUT2D eigenvalue weighted by Gasteiger charge is 2.05. The minimum Gasteiger partial charge on any atom is -0.326 e. The fraction of sp³-hybridized carbons (Fsp3) is 0.125. The molecule has 0 bridgehead atoms. The molecule has 0 fully saturated rings. The van der Waals surface area contributed by atoms with E-state index in [-0.39, 0.29) is 3.79 Å². The van der Waals surface area contributed by atoms with E-state index in [0.29, 0.717) is 6.42 Å². The van der Waals surface area contributed by atoms with Crippen LogP contribution in [0.2, 0.25) is 0 Å². The lowest BCUT2D eigenvalue weighted by Gasteiger charge is -2.03. The maximum Gasteiger partial charge on any atom is 0.205 e. The Kier molecular flexibility index (Phi) is 3.92. The van der Waals surface area contributed by atoms with Gasteiger partial charge >= 0.3 is 0 Å². The number of aromatic nitrogens is 2. The van der Waals surface area contributed by atoms with Crippen LogP contribution >= 0.6 is 22.6 Å². The van der Waals surface area contributed by atoms with Crippen molar-refractivity contribution in [1.82, 2.24) is 9.97 Å². The number of rotatable bonds is 4. The predicted molar refractivity (Wildman–Crippen MR) is 93.3 cm³/mol. The molecule has 5 heteroatoms. The van der Waals surface area contributed by atoms with Crippen LogP contribution in [0.5, 0.6) is 0 Å². The standard InChI is InChI=1S/C16H14IN3O/c1-10-3-2-4-13-15(10)20-16(19-13)18-12-7-5-11(6-8-12)9-14(17)21/h2-8H,9H2,1H3,(H2,18,19,20). The second-order valence-electron chi connectivity index (χ2n) is 4.91. The van der Waals surface area contributed by atoms with Crippen LogP contribution in [0, 0.1) is 6.92 Å². The first-order valence-electron chi connectivity index (χ1n) is 6.61. The third-order valence-electron chi connectivity index (χ3n) is 3.27. The third kappa shape index (κ3) is 3.24. The van der Waals surface area contributed by atoms with Crippen LogP contribution in [-0.4, -0.2) is 13.8 Å². The van der Waals surface area contributed by atoms with Gasteiger partial charge in [-0.15, -0.1) is 0 Å². The van der Waals surface area contributed by atoms with Crippen molar-refractivity contribution in [3.63, 3.8) is 0 Å². The molecule has 0 amide bonds. The molecule has 0 unspecified atom stereocenters. The van der Waals surface area contributed by atoms with E-state index in [2.05, 4.69) is 15.3 Å². The highest BCUT2D eigenvalue weighted by Crippen LogP contribution is 2.21. The molecule has 0 spiro atoms. The molecular formula is C16H14IN3O. The van der Waals surface area contributed by atoms with Gasteiger partial charge in [-0.1, -0.05) is 24.3 Å². The highest BCUT2D eigenvalue weighted by atomic mass is 127. The quantitative estimate of drug-likeness (QED) is 0.520. The first kappa shape index (κ1) is 14.1. The number of hydrogen-bond donors (Lipinski definition) is 2. The minimum absolute atomic E-state index is 0.140. The Hall–Kier alpha value is -1.89. The largest absolute Gasteiger partial charge is 0.326 e. The number of hydrogen-bond acceptors (Lipinski definition) is 3. The molecule has 106 valence electrons. The molecule has 0 saturated heterocycles. The fourth-order valence-electron chi connectivity index (χ4n) is 2.24. The van der Waals surface area contributed by atoms with Gasteiger partial charge in [0.2, 0.25) is 5.95 Å². The summed E-state index contributed by atoms with van der Waals surface area (Å²) in [5.41, 5.74) is 5.10. The van der Waals surface area contributed by atoms with Gasteiger partial charge in [-0.05, 0) is 58.8 Å². The zero-order valence-corrected chi connectivity index (χ0v) is 13.6. The smallest absolute Gasteiger partial charge is 0.205 e. The number of carbonyl (C=O) groups excluding carboxylic acids is 1. The number of nitrogens with zero attached hydrogens (tertiary/aromatic N) is 1. The van der Waals surface area contributed by atoms with Gasteiger partial charge in [0, 0.05) is 12.1 Å². The zero-order chi connectivity index (χ0) is 14.8. The summed E-state index contributed by atoms with van der Waals surface area (Å²) in [6, 6.07) is 13.9. The number of aryl methyl sites for hydroxylation is 1. The number of aromatic amines is 1. The zero-order valence-electron chi connectivity index (χ0n) is 11.5. The van der Waals surface area contributed by atoms with Crippen molar-refractivity contribution in [2.75, 3.05) is 5.32 Å². The molecule has 1 aromatic heterocycles. The third-order valence-corrected chi connectivity index (χ3v) is 3.66. The number of halogens is 1. The van der Waals surface area contributed by atoms with Crippen molar-refractivity contribution in [3.8, 4) is 0 Å². The summed E-state index contributed by atoms with van der Waals surface area (Å²) in [7, 11) is 0. The van der Waals surface area contributed by atoms with Gasteiger partial charge in [0.15, 0.2) is 3.79 Å². The summed E-state index contributed by atoms with van der Waals surface area (Å²) in [4.78, 5) is 18.9. The molecule has 0 atom stereocenters. The maximum absolute atomic E-state index is 11.1. The molecule has 1 heterocycles. The summed E-state index contributed by atoms with van der Waals surface area (Å²) in [5, 5.41) is 3.25. The van der Waals surface area contributed by atoms with Crippen LogP contribution in [0.4, 0.5) is 11.6 Å². The van der Waals surface area contributed by atoms with Gasteiger partial charge in [-0.25, -0.2) is 4.98 Å². The fourth-order valence-corrected chi connectivity index (χ4v) is 2.68. The maximum atomic E-state index is 11.1. The number of benzene rings is 2. The molecular weight excluding hydrogens is 377 g/mol. The van der Waals surface area contributed by atoms with Crippen LogP contribution in [-0.2, 0) is 11.2 Å². The van der Waals surface area contributed by atoms with Crippen molar-refractivity contribution >= 4 is 49.0 Å². The number of para-hydroxylation sites is 1. The lowest BCUT2D eigenvalue weighted by Crippen LogP contribution is -1.95. The van der Waals surface area contributed by atoms with Crippen LogP contribution in [0.1, 0.15) is 11.1 Å². The molecule has 3 aromatic rings. The molecule has 2 aromatic carbocycles. The minimum atomic E-state index is 0.140. The average Bonchev–Trinajstić information content (AvgIpc) is 2.84. The van der Waals surface area contributed by atoms with Crippen molar-refractivity contribution in [1.29, 1.82) is 0 Å². The number of H-pyrrole nitrogens is 1. The van der Waals surface area contributed by atoms with Crippen molar-refractivity contribution in [3.05, 3.63) is 53.6 Å². The lowest BCUT2D eigenvalue weighted by atomic mass is 10.1. The molecule has 0 aliphatic carbocycles. The Bertz CT molecular complexity index is 793. The van der Waals surface area contributed by atoms with Gasteiger partial charge in [0.25, 0.3) is 0 Å². The second kappa shape index (κ2) is 5.85. The Morgan fingerprint density at radius 2 is 2.00 bits per heavy atom. The van der Waals surface area contributed by atoms with Crippen molar-refractivity contribution < 1.29 is 4.79 Å². The van der Waals surface area contributed by atoms with E-state index >= 15 is 0 Å².